The number of carbonyl (C=O) groups excluding carboxylic acids is 1. The second-order valence-corrected chi connectivity index (χ2v) is 9.85. The van der Waals surface area contributed by atoms with Gasteiger partial charge < -0.3 is 24.1 Å². The van der Waals surface area contributed by atoms with Crippen molar-refractivity contribution in [1.29, 1.82) is 0 Å². The number of aromatic nitrogens is 1. The van der Waals surface area contributed by atoms with Gasteiger partial charge in [-0.05, 0) is 56.2 Å². The average Bonchev–Trinajstić information content (AvgIpc) is 3.39. The molecule has 2 aromatic carbocycles. The summed E-state index contributed by atoms with van der Waals surface area (Å²) in [5.41, 5.74) is -4.39. The summed E-state index contributed by atoms with van der Waals surface area (Å²) in [5, 5.41) is 9.78. The van der Waals surface area contributed by atoms with Gasteiger partial charge >= 0.3 is 12.4 Å². The second-order valence-electron chi connectivity index (χ2n) is 9.85. The SMILES string of the molecule is Cc1oc(-c2ccc(OCC(=O)N(C)C)cc2)nc1CN1c2ccc(C(O)(C(F)(F)F)C(F)(F)F)cc2CC1C. The molecule has 3 aromatic rings. The third-order valence-corrected chi connectivity index (χ3v) is 6.85. The number of anilines is 1. The Balaban J connectivity index is 1.54. The molecule has 216 valence electrons. The number of oxazole rings is 1. The van der Waals surface area contributed by atoms with Gasteiger partial charge in [0.25, 0.3) is 11.5 Å². The summed E-state index contributed by atoms with van der Waals surface area (Å²) in [4.78, 5) is 19.5. The van der Waals surface area contributed by atoms with Crippen LogP contribution in [-0.2, 0) is 23.4 Å². The third-order valence-electron chi connectivity index (χ3n) is 6.85. The molecule has 40 heavy (non-hydrogen) atoms. The van der Waals surface area contributed by atoms with Crippen LogP contribution in [0.1, 0.15) is 29.5 Å². The van der Waals surface area contributed by atoms with E-state index in [9.17, 15) is 36.2 Å². The summed E-state index contributed by atoms with van der Waals surface area (Å²) < 4.78 is 91.5. The van der Waals surface area contributed by atoms with Crippen molar-refractivity contribution in [3.63, 3.8) is 0 Å². The van der Waals surface area contributed by atoms with Crippen LogP contribution in [0.3, 0.4) is 0 Å². The molecule has 1 unspecified atom stereocenters. The Morgan fingerprint density at radius 2 is 1.73 bits per heavy atom. The number of amides is 1. The van der Waals surface area contributed by atoms with E-state index in [4.69, 9.17) is 9.15 Å². The standard InChI is InChI=1S/C27H27F6N3O4/c1-15-11-18-12-19(25(38,26(28,29)30)27(31,32)33)7-10-22(18)36(15)13-21-16(2)40-24(34-21)17-5-8-20(9-6-17)39-14-23(37)35(3)4/h5-10,12,15,38H,11,13-14H2,1-4H3. The zero-order valence-electron chi connectivity index (χ0n) is 22.0. The van der Waals surface area contributed by atoms with Gasteiger partial charge in [-0.1, -0.05) is 12.1 Å². The average molecular weight is 572 g/mol. The fourth-order valence-corrected chi connectivity index (χ4v) is 4.48. The van der Waals surface area contributed by atoms with E-state index in [2.05, 4.69) is 4.98 Å². The lowest BCUT2D eigenvalue weighted by atomic mass is 9.90. The predicted molar refractivity (Wildman–Crippen MR) is 133 cm³/mol. The van der Waals surface area contributed by atoms with Crippen LogP contribution < -0.4 is 9.64 Å². The van der Waals surface area contributed by atoms with Crippen LogP contribution in [0.15, 0.2) is 46.9 Å². The molecule has 1 aromatic heterocycles. The Morgan fingerprint density at radius 3 is 2.30 bits per heavy atom. The first-order chi connectivity index (χ1) is 18.5. The Kier molecular flexibility index (Phi) is 7.56. The molecule has 1 amide bonds. The Morgan fingerprint density at radius 1 is 1.10 bits per heavy atom. The first-order valence-corrected chi connectivity index (χ1v) is 12.2. The summed E-state index contributed by atoms with van der Waals surface area (Å²) in [5.74, 6) is 1.09. The number of hydrogen-bond donors (Lipinski definition) is 1. The second kappa shape index (κ2) is 10.3. The fraction of sp³-hybridized carbons (Fsp3) is 0.407. The number of carbonyl (C=O) groups is 1. The molecule has 0 aliphatic carbocycles. The highest BCUT2D eigenvalue weighted by molar-refractivity contribution is 5.77. The first kappa shape index (κ1) is 29.2. The molecule has 13 heteroatoms. The number of halogens is 6. The maximum atomic E-state index is 13.4. The summed E-state index contributed by atoms with van der Waals surface area (Å²) in [7, 11) is 3.24. The molecule has 1 aliphatic heterocycles. The lowest BCUT2D eigenvalue weighted by Gasteiger charge is -2.33. The van der Waals surface area contributed by atoms with Crippen molar-refractivity contribution in [3.8, 4) is 17.2 Å². The molecule has 0 radical (unpaired) electrons. The molecule has 1 N–H and O–H groups in total. The zero-order valence-corrected chi connectivity index (χ0v) is 22.0. The molecular formula is C27H27F6N3O4. The number of aliphatic hydroxyl groups is 1. The lowest BCUT2D eigenvalue weighted by Crippen LogP contribution is -2.53. The number of ether oxygens (including phenoxy) is 1. The Labute approximate surface area is 226 Å². The van der Waals surface area contributed by atoms with E-state index >= 15 is 0 Å². The molecule has 0 fully saturated rings. The number of aryl methyl sites for hydroxylation is 1. The molecule has 1 aliphatic rings. The molecule has 1 atom stereocenters. The van der Waals surface area contributed by atoms with Crippen molar-refractivity contribution in [2.75, 3.05) is 25.6 Å². The molecule has 2 heterocycles. The zero-order chi connectivity index (χ0) is 29.6. The molecule has 4 rings (SSSR count). The van der Waals surface area contributed by atoms with Crippen molar-refractivity contribution in [1.82, 2.24) is 9.88 Å². The summed E-state index contributed by atoms with van der Waals surface area (Å²) in [6.07, 6.45) is -11.7. The van der Waals surface area contributed by atoms with Crippen molar-refractivity contribution < 1.29 is 45.4 Å². The number of fused-ring (bicyclic) bond motifs is 1. The highest BCUT2D eigenvalue weighted by Crippen LogP contribution is 2.51. The van der Waals surface area contributed by atoms with Crippen molar-refractivity contribution in [2.24, 2.45) is 0 Å². The highest BCUT2D eigenvalue weighted by Gasteiger charge is 2.71. The summed E-state index contributed by atoms with van der Waals surface area (Å²) in [6.45, 7) is 3.57. The van der Waals surface area contributed by atoms with E-state index in [1.807, 2.05) is 4.90 Å². The lowest BCUT2D eigenvalue weighted by molar-refractivity contribution is -0.376. The van der Waals surface area contributed by atoms with Crippen LogP contribution in [-0.4, -0.2) is 60.0 Å². The molecule has 0 spiro atoms. The van der Waals surface area contributed by atoms with E-state index in [1.54, 1.807) is 52.2 Å². The van der Waals surface area contributed by atoms with E-state index in [-0.39, 0.29) is 37.1 Å². The topological polar surface area (TPSA) is 79.0 Å². The van der Waals surface area contributed by atoms with Gasteiger partial charge in [0.05, 0.1) is 6.54 Å². The maximum absolute atomic E-state index is 13.4. The molecule has 0 saturated carbocycles. The first-order valence-electron chi connectivity index (χ1n) is 12.2. The van der Waals surface area contributed by atoms with Crippen LogP contribution in [0.5, 0.6) is 5.75 Å². The minimum absolute atomic E-state index is 0.114. The van der Waals surface area contributed by atoms with Gasteiger partial charge in [-0.15, -0.1) is 0 Å². The third kappa shape index (κ3) is 5.34. The normalized spacial score (nSPS) is 15.8. The maximum Gasteiger partial charge on any atom is 0.430 e. The molecule has 0 saturated heterocycles. The van der Waals surface area contributed by atoms with Gasteiger partial charge in [0.1, 0.15) is 17.2 Å². The van der Waals surface area contributed by atoms with Crippen LogP contribution in [0, 0.1) is 6.92 Å². The molecule has 7 nitrogen and oxygen atoms in total. The predicted octanol–water partition coefficient (Wildman–Crippen LogP) is 5.38. The van der Waals surface area contributed by atoms with Gasteiger partial charge in [0, 0.05) is 37.0 Å². The van der Waals surface area contributed by atoms with Crippen LogP contribution in [0.2, 0.25) is 0 Å². The van der Waals surface area contributed by atoms with Gasteiger partial charge in [-0.3, -0.25) is 4.79 Å². The van der Waals surface area contributed by atoms with Crippen molar-refractivity contribution >= 4 is 11.6 Å². The Hall–Kier alpha value is -3.74. The smallest absolute Gasteiger partial charge is 0.430 e. The minimum atomic E-state index is -5.95. The number of benzene rings is 2. The number of rotatable bonds is 7. The van der Waals surface area contributed by atoms with E-state index in [0.29, 0.717) is 40.4 Å². The van der Waals surface area contributed by atoms with Crippen molar-refractivity contribution in [3.05, 3.63) is 65.0 Å². The number of hydrogen-bond acceptors (Lipinski definition) is 6. The molecule has 0 bridgehead atoms. The molecular weight excluding hydrogens is 544 g/mol. The van der Waals surface area contributed by atoms with Gasteiger partial charge in [-0.2, -0.15) is 26.3 Å². The fourth-order valence-electron chi connectivity index (χ4n) is 4.48. The van der Waals surface area contributed by atoms with E-state index < -0.39 is 23.5 Å². The van der Waals surface area contributed by atoms with Crippen molar-refractivity contribution in [2.45, 2.75) is 50.8 Å². The number of alkyl halides is 6. The minimum Gasteiger partial charge on any atom is -0.484 e. The number of nitrogens with zero attached hydrogens (tertiary/aromatic N) is 3. The Bertz CT molecular complexity index is 1370. The largest absolute Gasteiger partial charge is 0.484 e. The number of likely N-dealkylation sites (N-methyl/N-ethyl adjacent to an activating group) is 1. The van der Waals surface area contributed by atoms with Gasteiger partial charge in [-0.25, -0.2) is 4.98 Å². The quantitative estimate of drug-likeness (QED) is 0.384. The highest BCUT2D eigenvalue weighted by atomic mass is 19.4. The van der Waals surface area contributed by atoms with Gasteiger partial charge in [0.2, 0.25) is 5.89 Å². The van der Waals surface area contributed by atoms with Crippen LogP contribution in [0.4, 0.5) is 32.0 Å². The monoisotopic (exact) mass is 571 g/mol. The van der Waals surface area contributed by atoms with E-state index in [1.165, 1.54) is 4.90 Å². The van der Waals surface area contributed by atoms with Gasteiger partial charge in [0.15, 0.2) is 6.61 Å². The van der Waals surface area contributed by atoms with E-state index in [0.717, 1.165) is 12.1 Å². The van der Waals surface area contributed by atoms with Crippen LogP contribution in [0.25, 0.3) is 11.5 Å². The summed E-state index contributed by atoms with van der Waals surface area (Å²) in [6, 6.07) is 9.06. The van der Waals surface area contributed by atoms with Crippen LogP contribution >= 0.6 is 0 Å². The summed E-state index contributed by atoms with van der Waals surface area (Å²) >= 11 is 0.